The first-order chi connectivity index (χ1) is 7.83. The van der Waals surface area contributed by atoms with Crippen molar-refractivity contribution in [2.45, 2.75) is 19.3 Å². The summed E-state index contributed by atoms with van der Waals surface area (Å²) in [6.07, 6.45) is 3.44. The van der Waals surface area contributed by atoms with Crippen molar-refractivity contribution in [3.05, 3.63) is 23.8 Å². The summed E-state index contributed by atoms with van der Waals surface area (Å²) in [6.45, 7) is 2.97. The molecule has 0 aliphatic carbocycles. The summed E-state index contributed by atoms with van der Waals surface area (Å²) in [7, 11) is 1.75. The molecule has 0 spiro atoms. The highest BCUT2D eigenvalue weighted by Crippen LogP contribution is 2.32. The normalized spacial score (nSPS) is 14.9. The lowest BCUT2D eigenvalue weighted by Gasteiger charge is -2.32. The van der Waals surface area contributed by atoms with Crippen LogP contribution in [-0.4, -0.2) is 26.8 Å². The molecule has 1 heterocycles. The van der Waals surface area contributed by atoms with Crippen LogP contribution in [-0.2, 0) is 11.2 Å². The highest BCUT2D eigenvalue weighted by Gasteiger charge is 2.18. The lowest BCUT2D eigenvalue weighted by molar-refractivity contribution is 0.196. The lowest BCUT2D eigenvalue weighted by Crippen LogP contribution is -2.31. The van der Waals surface area contributed by atoms with E-state index in [0.717, 1.165) is 38.2 Å². The molecule has 0 amide bonds. The zero-order valence-electron chi connectivity index (χ0n) is 9.91. The number of anilines is 2. The van der Waals surface area contributed by atoms with Gasteiger partial charge in [-0.1, -0.05) is 12.1 Å². The maximum absolute atomic E-state index is 6.06. The van der Waals surface area contributed by atoms with Crippen LogP contribution >= 0.6 is 0 Å². The Hall–Kier alpha value is -1.22. The summed E-state index contributed by atoms with van der Waals surface area (Å²) >= 11 is 0. The number of aryl methyl sites for hydroxylation is 1. The summed E-state index contributed by atoms with van der Waals surface area (Å²) in [6, 6.07) is 6.23. The smallest absolute Gasteiger partial charge is 0.0632 e. The van der Waals surface area contributed by atoms with Crippen LogP contribution in [0.4, 0.5) is 11.4 Å². The second kappa shape index (κ2) is 5.21. The molecule has 0 radical (unpaired) electrons. The van der Waals surface area contributed by atoms with Gasteiger partial charge < -0.3 is 15.4 Å². The Morgan fingerprint density at radius 1 is 1.44 bits per heavy atom. The van der Waals surface area contributed by atoms with Gasteiger partial charge in [0.1, 0.15) is 0 Å². The van der Waals surface area contributed by atoms with Gasteiger partial charge in [0.2, 0.25) is 0 Å². The van der Waals surface area contributed by atoms with Gasteiger partial charge in [-0.25, -0.2) is 0 Å². The lowest BCUT2D eigenvalue weighted by atomic mass is 10.0. The van der Waals surface area contributed by atoms with Crippen LogP contribution in [0.3, 0.4) is 0 Å². The Labute approximate surface area is 97.2 Å². The summed E-state index contributed by atoms with van der Waals surface area (Å²) in [5.41, 5.74) is 9.62. The summed E-state index contributed by atoms with van der Waals surface area (Å²) in [5.74, 6) is 0. The van der Waals surface area contributed by atoms with Crippen LogP contribution in [0.1, 0.15) is 18.4 Å². The van der Waals surface area contributed by atoms with Crippen LogP contribution in [0.15, 0.2) is 18.2 Å². The van der Waals surface area contributed by atoms with Gasteiger partial charge in [0, 0.05) is 26.8 Å². The quantitative estimate of drug-likeness (QED) is 0.623. The molecule has 1 aliphatic heterocycles. The van der Waals surface area contributed by atoms with Gasteiger partial charge in [-0.2, -0.15) is 0 Å². The van der Waals surface area contributed by atoms with Crippen molar-refractivity contribution in [3.63, 3.8) is 0 Å². The highest BCUT2D eigenvalue weighted by atomic mass is 16.5. The maximum Gasteiger partial charge on any atom is 0.0632 e. The van der Waals surface area contributed by atoms with Gasteiger partial charge in [-0.15, -0.1) is 0 Å². The Morgan fingerprint density at radius 2 is 2.31 bits per heavy atom. The van der Waals surface area contributed by atoms with E-state index in [1.54, 1.807) is 7.11 Å². The van der Waals surface area contributed by atoms with Crippen molar-refractivity contribution in [2.75, 3.05) is 37.4 Å². The Morgan fingerprint density at radius 3 is 3.12 bits per heavy atom. The first-order valence-electron chi connectivity index (χ1n) is 5.94. The van der Waals surface area contributed by atoms with E-state index in [-0.39, 0.29) is 0 Å². The average molecular weight is 220 g/mol. The molecule has 0 saturated carbocycles. The molecule has 2 N–H and O–H groups in total. The number of nitrogen functional groups attached to an aromatic ring is 1. The van der Waals surface area contributed by atoms with E-state index in [9.17, 15) is 0 Å². The minimum Gasteiger partial charge on any atom is -0.397 e. The largest absolute Gasteiger partial charge is 0.397 e. The summed E-state index contributed by atoms with van der Waals surface area (Å²) in [4.78, 5) is 2.40. The summed E-state index contributed by atoms with van der Waals surface area (Å²) < 4.78 is 5.09. The minimum atomic E-state index is 0.818. The van der Waals surface area contributed by atoms with Gasteiger partial charge in [0.15, 0.2) is 0 Å². The molecule has 2 rings (SSSR count). The number of nitrogens with two attached hydrogens (primary N) is 1. The number of methoxy groups -OCH3 is 1. The molecule has 1 aliphatic rings. The molecule has 88 valence electrons. The summed E-state index contributed by atoms with van der Waals surface area (Å²) in [5, 5.41) is 0. The minimum absolute atomic E-state index is 0.818. The molecule has 1 aromatic rings. The maximum atomic E-state index is 6.06. The van der Waals surface area contributed by atoms with Crippen molar-refractivity contribution in [1.82, 2.24) is 0 Å². The van der Waals surface area contributed by atoms with Crippen LogP contribution in [0, 0.1) is 0 Å². The molecule has 16 heavy (non-hydrogen) atoms. The molecule has 1 aromatic carbocycles. The third kappa shape index (κ3) is 2.30. The number of rotatable bonds is 4. The van der Waals surface area contributed by atoms with Crippen LogP contribution in [0.2, 0.25) is 0 Å². The van der Waals surface area contributed by atoms with E-state index in [2.05, 4.69) is 11.0 Å². The fraction of sp³-hybridized carbons (Fsp3) is 0.538. The van der Waals surface area contributed by atoms with Crippen molar-refractivity contribution in [3.8, 4) is 0 Å². The zero-order chi connectivity index (χ0) is 11.4. The van der Waals surface area contributed by atoms with Crippen LogP contribution in [0.5, 0.6) is 0 Å². The molecular formula is C13H20N2O. The van der Waals surface area contributed by atoms with Gasteiger partial charge >= 0.3 is 0 Å². The Kier molecular flexibility index (Phi) is 3.67. The molecular weight excluding hydrogens is 200 g/mol. The van der Waals surface area contributed by atoms with E-state index in [0.29, 0.717) is 0 Å². The van der Waals surface area contributed by atoms with Crippen LogP contribution in [0.25, 0.3) is 0 Å². The Bertz CT molecular complexity index is 352. The van der Waals surface area contributed by atoms with Gasteiger partial charge in [0.25, 0.3) is 0 Å². The second-order valence-electron chi connectivity index (χ2n) is 4.29. The van der Waals surface area contributed by atoms with E-state index in [1.165, 1.54) is 17.7 Å². The fourth-order valence-corrected chi connectivity index (χ4v) is 2.39. The van der Waals surface area contributed by atoms with Crippen LogP contribution < -0.4 is 10.6 Å². The monoisotopic (exact) mass is 220 g/mol. The number of ether oxygens (including phenoxy) is 1. The predicted octanol–water partition coefficient (Wildman–Crippen LogP) is 2.06. The van der Waals surface area contributed by atoms with Crippen molar-refractivity contribution in [1.29, 1.82) is 0 Å². The van der Waals surface area contributed by atoms with Crippen molar-refractivity contribution < 1.29 is 4.74 Å². The second-order valence-corrected chi connectivity index (χ2v) is 4.29. The SMILES string of the molecule is COCCCN1CCCc2cccc(N)c21. The number of fused-ring (bicyclic) bond motifs is 1. The molecule has 0 fully saturated rings. The molecule has 3 nitrogen and oxygen atoms in total. The predicted molar refractivity (Wildman–Crippen MR) is 67.9 cm³/mol. The third-order valence-corrected chi connectivity index (χ3v) is 3.12. The molecule has 3 heteroatoms. The number of benzene rings is 1. The standard InChI is InChI=1S/C13H20N2O/c1-16-10-4-9-15-8-3-6-11-5-2-7-12(14)13(11)15/h2,5,7H,3-4,6,8-10,14H2,1H3. The van der Waals surface area contributed by atoms with Crippen molar-refractivity contribution >= 4 is 11.4 Å². The van der Waals surface area contributed by atoms with E-state index < -0.39 is 0 Å². The van der Waals surface area contributed by atoms with Gasteiger partial charge in [-0.05, 0) is 30.9 Å². The number of para-hydroxylation sites is 1. The van der Waals surface area contributed by atoms with E-state index in [1.807, 2.05) is 12.1 Å². The van der Waals surface area contributed by atoms with E-state index in [4.69, 9.17) is 10.5 Å². The first kappa shape index (κ1) is 11.3. The third-order valence-electron chi connectivity index (χ3n) is 3.12. The highest BCUT2D eigenvalue weighted by molar-refractivity contribution is 5.72. The van der Waals surface area contributed by atoms with E-state index >= 15 is 0 Å². The van der Waals surface area contributed by atoms with Crippen molar-refractivity contribution in [2.24, 2.45) is 0 Å². The molecule has 0 unspecified atom stereocenters. The zero-order valence-corrected chi connectivity index (χ0v) is 9.91. The average Bonchev–Trinajstić information content (AvgIpc) is 2.30. The topological polar surface area (TPSA) is 38.5 Å². The van der Waals surface area contributed by atoms with Gasteiger partial charge in [0.05, 0.1) is 11.4 Å². The Balaban J connectivity index is 2.12. The fourth-order valence-electron chi connectivity index (χ4n) is 2.39. The number of nitrogens with zero attached hydrogens (tertiary/aromatic N) is 1. The molecule has 0 saturated heterocycles. The first-order valence-corrected chi connectivity index (χ1v) is 5.94. The van der Waals surface area contributed by atoms with Gasteiger partial charge in [-0.3, -0.25) is 0 Å². The molecule has 0 bridgehead atoms. The molecule has 0 aromatic heterocycles. The molecule has 0 atom stereocenters. The number of hydrogen-bond donors (Lipinski definition) is 1. The number of hydrogen-bond acceptors (Lipinski definition) is 3.